The summed E-state index contributed by atoms with van der Waals surface area (Å²) < 4.78 is 25.1. The van der Waals surface area contributed by atoms with Crippen LogP contribution in [0.2, 0.25) is 5.02 Å². The van der Waals surface area contributed by atoms with Crippen molar-refractivity contribution in [1.29, 1.82) is 0 Å². The molecule has 1 amide bonds. The maximum Gasteiger partial charge on any atom is 0.251 e. The van der Waals surface area contributed by atoms with E-state index >= 15 is 0 Å². The second kappa shape index (κ2) is 14.4. The molecule has 7 nitrogen and oxygen atoms in total. The molecule has 0 bridgehead atoms. The monoisotopic (exact) mass is 524 g/mol. The van der Waals surface area contributed by atoms with Gasteiger partial charge in [0.1, 0.15) is 0 Å². The quantitative estimate of drug-likeness (QED) is 0.260. The standard InChI is InChI=1S/C26H37ClN2O5S/c1-19(15-28-23-11-7-21(8-12-23)26(32)29-16-24(31)17-30)5-3-4-6-20(2)18-35(33,34)25-13-9-22(27)10-14-25/h7-14,19-20,24,28,30-31H,3-6,15-18H2,1-2H3,(H,29,32). The van der Waals surface area contributed by atoms with Gasteiger partial charge < -0.3 is 20.8 Å². The van der Waals surface area contributed by atoms with Crippen LogP contribution in [0.25, 0.3) is 0 Å². The van der Waals surface area contributed by atoms with Crippen LogP contribution in [0.1, 0.15) is 49.9 Å². The fourth-order valence-electron chi connectivity index (χ4n) is 3.69. The molecule has 194 valence electrons. The molecule has 0 heterocycles. The summed E-state index contributed by atoms with van der Waals surface area (Å²) in [7, 11) is -3.30. The molecule has 0 spiro atoms. The van der Waals surface area contributed by atoms with Crippen LogP contribution < -0.4 is 10.6 Å². The Kier molecular flexibility index (Phi) is 12.0. The predicted octanol–water partition coefficient (Wildman–Crippen LogP) is 4.14. The van der Waals surface area contributed by atoms with Crippen LogP contribution in [0.3, 0.4) is 0 Å². The van der Waals surface area contributed by atoms with E-state index in [0.717, 1.165) is 37.9 Å². The average molecular weight is 525 g/mol. The molecule has 0 aliphatic carbocycles. The van der Waals surface area contributed by atoms with E-state index in [1.165, 1.54) is 0 Å². The average Bonchev–Trinajstić information content (AvgIpc) is 2.84. The summed E-state index contributed by atoms with van der Waals surface area (Å²) >= 11 is 5.85. The van der Waals surface area contributed by atoms with Crippen molar-refractivity contribution in [1.82, 2.24) is 5.32 Å². The Morgan fingerprint density at radius 3 is 2.14 bits per heavy atom. The Hall–Kier alpha value is -2.13. The van der Waals surface area contributed by atoms with Gasteiger partial charge in [-0.1, -0.05) is 38.3 Å². The summed E-state index contributed by atoms with van der Waals surface area (Å²) in [5, 5.41) is 24.6. The number of carbonyl (C=O) groups is 1. The molecule has 3 atom stereocenters. The molecule has 0 saturated carbocycles. The number of nitrogens with one attached hydrogen (secondary N) is 2. The largest absolute Gasteiger partial charge is 0.394 e. The first-order valence-electron chi connectivity index (χ1n) is 12.0. The van der Waals surface area contributed by atoms with Gasteiger partial charge in [-0.25, -0.2) is 8.42 Å². The van der Waals surface area contributed by atoms with Gasteiger partial charge in [0.2, 0.25) is 0 Å². The van der Waals surface area contributed by atoms with Crippen LogP contribution in [0.5, 0.6) is 0 Å². The molecule has 0 aromatic heterocycles. The number of hydrogen-bond donors (Lipinski definition) is 4. The van der Waals surface area contributed by atoms with Crippen LogP contribution in [0, 0.1) is 11.8 Å². The van der Waals surface area contributed by atoms with Crippen molar-refractivity contribution < 1.29 is 23.4 Å². The summed E-state index contributed by atoms with van der Waals surface area (Å²) in [6.45, 7) is 4.57. The van der Waals surface area contributed by atoms with Crippen LogP contribution in [0.15, 0.2) is 53.4 Å². The number of anilines is 1. The van der Waals surface area contributed by atoms with E-state index in [9.17, 15) is 18.3 Å². The fourth-order valence-corrected chi connectivity index (χ4v) is 5.48. The number of aliphatic hydroxyl groups excluding tert-OH is 2. The zero-order chi connectivity index (χ0) is 25.8. The molecule has 0 aliphatic rings. The zero-order valence-corrected chi connectivity index (χ0v) is 22.0. The van der Waals surface area contributed by atoms with Crippen molar-refractivity contribution in [2.75, 3.05) is 30.8 Å². The van der Waals surface area contributed by atoms with Crippen molar-refractivity contribution in [2.24, 2.45) is 11.8 Å². The molecule has 0 saturated heterocycles. The van der Waals surface area contributed by atoms with Crippen LogP contribution >= 0.6 is 11.6 Å². The normalized spacial score (nSPS) is 14.2. The number of benzene rings is 2. The topological polar surface area (TPSA) is 116 Å². The second-order valence-corrected chi connectivity index (χ2v) is 11.7. The minimum atomic E-state index is -3.30. The van der Waals surface area contributed by atoms with E-state index in [1.807, 2.05) is 19.1 Å². The first kappa shape index (κ1) is 29.1. The van der Waals surface area contributed by atoms with Gasteiger partial charge in [-0.15, -0.1) is 0 Å². The highest BCUT2D eigenvalue weighted by Gasteiger charge is 2.18. The number of amides is 1. The van der Waals surface area contributed by atoms with Crippen molar-refractivity contribution in [3.8, 4) is 0 Å². The highest BCUT2D eigenvalue weighted by Crippen LogP contribution is 2.21. The molecule has 35 heavy (non-hydrogen) atoms. The molecule has 0 aliphatic heterocycles. The van der Waals surface area contributed by atoms with Crippen molar-refractivity contribution in [3.63, 3.8) is 0 Å². The highest BCUT2D eigenvalue weighted by molar-refractivity contribution is 7.91. The molecule has 0 fully saturated rings. The van der Waals surface area contributed by atoms with Gasteiger partial charge in [0.05, 0.1) is 23.4 Å². The third-order valence-electron chi connectivity index (χ3n) is 5.83. The number of unbranched alkanes of at least 4 members (excludes halogenated alkanes) is 1. The minimum absolute atomic E-state index is 0.00376. The van der Waals surface area contributed by atoms with E-state index in [1.54, 1.807) is 36.4 Å². The number of halogens is 1. The molecule has 4 N–H and O–H groups in total. The van der Waals surface area contributed by atoms with E-state index in [-0.39, 0.29) is 24.1 Å². The van der Waals surface area contributed by atoms with Crippen molar-refractivity contribution in [3.05, 3.63) is 59.1 Å². The lowest BCUT2D eigenvalue weighted by Crippen LogP contribution is -2.33. The Morgan fingerprint density at radius 1 is 0.943 bits per heavy atom. The zero-order valence-electron chi connectivity index (χ0n) is 20.4. The first-order chi connectivity index (χ1) is 16.6. The number of rotatable bonds is 15. The Morgan fingerprint density at radius 2 is 1.54 bits per heavy atom. The molecule has 2 aromatic carbocycles. The summed E-state index contributed by atoms with van der Waals surface area (Å²) in [6.07, 6.45) is 2.96. The molecular weight excluding hydrogens is 488 g/mol. The van der Waals surface area contributed by atoms with Gasteiger partial charge >= 0.3 is 0 Å². The van der Waals surface area contributed by atoms with Crippen LogP contribution in [-0.2, 0) is 9.84 Å². The first-order valence-corrected chi connectivity index (χ1v) is 14.0. The number of hydrogen-bond acceptors (Lipinski definition) is 6. The summed E-state index contributed by atoms with van der Waals surface area (Å²) in [6, 6.07) is 13.4. The van der Waals surface area contributed by atoms with Crippen LogP contribution in [-0.4, -0.2) is 56.1 Å². The van der Waals surface area contributed by atoms with Crippen molar-refractivity contribution in [2.45, 2.75) is 50.5 Å². The summed E-state index contributed by atoms with van der Waals surface area (Å²) in [5.41, 5.74) is 1.41. The van der Waals surface area contributed by atoms with Gasteiger partial charge in [0.15, 0.2) is 9.84 Å². The van der Waals surface area contributed by atoms with Gasteiger partial charge in [0, 0.05) is 29.4 Å². The number of sulfone groups is 1. The molecule has 9 heteroatoms. The van der Waals surface area contributed by atoms with E-state index in [2.05, 4.69) is 17.6 Å². The Balaban J connectivity index is 1.65. The number of aliphatic hydroxyl groups is 2. The maximum absolute atomic E-state index is 12.6. The molecule has 2 rings (SSSR count). The highest BCUT2D eigenvalue weighted by atomic mass is 35.5. The van der Waals surface area contributed by atoms with Crippen molar-refractivity contribution >= 4 is 33.0 Å². The maximum atomic E-state index is 12.6. The third-order valence-corrected chi connectivity index (χ3v) is 8.08. The summed E-state index contributed by atoms with van der Waals surface area (Å²) in [4.78, 5) is 12.4. The van der Waals surface area contributed by atoms with Gasteiger partial charge in [0.25, 0.3) is 5.91 Å². The smallest absolute Gasteiger partial charge is 0.251 e. The minimum Gasteiger partial charge on any atom is -0.394 e. The lowest BCUT2D eigenvalue weighted by Gasteiger charge is -2.15. The number of carbonyl (C=O) groups excluding carboxylic acids is 1. The van der Waals surface area contributed by atoms with Gasteiger partial charge in [-0.3, -0.25) is 4.79 Å². The molecular formula is C26H37ClN2O5S. The van der Waals surface area contributed by atoms with E-state index in [4.69, 9.17) is 16.7 Å². The Bertz CT molecular complexity index is 1010. The lowest BCUT2D eigenvalue weighted by molar-refractivity contribution is 0.0802. The molecule has 2 aromatic rings. The Labute approximate surface area is 213 Å². The van der Waals surface area contributed by atoms with Gasteiger partial charge in [-0.2, -0.15) is 0 Å². The van der Waals surface area contributed by atoms with E-state index in [0.29, 0.717) is 21.4 Å². The predicted molar refractivity (Wildman–Crippen MR) is 141 cm³/mol. The fraction of sp³-hybridized carbons (Fsp3) is 0.500. The second-order valence-electron chi connectivity index (χ2n) is 9.23. The third kappa shape index (κ3) is 10.6. The molecule has 3 unspecified atom stereocenters. The molecule has 0 radical (unpaired) electrons. The SMILES string of the molecule is CC(CCCCC(C)CS(=O)(=O)c1ccc(Cl)cc1)CNc1ccc(C(=O)NCC(O)CO)cc1. The van der Waals surface area contributed by atoms with E-state index < -0.39 is 22.5 Å². The van der Waals surface area contributed by atoms with Gasteiger partial charge in [-0.05, 0) is 73.2 Å². The van der Waals surface area contributed by atoms with Crippen LogP contribution in [0.4, 0.5) is 5.69 Å². The lowest BCUT2D eigenvalue weighted by atomic mass is 9.99. The summed E-state index contributed by atoms with van der Waals surface area (Å²) in [5.74, 6) is 0.382.